The monoisotopic (exact) mass is 275 g/mol. The minimum atomic E-state index is -1.12. The average molecular weight is 275 g/mol. The number of benzene rings is 1. The van der Waals surface area contributed by atoms with Gasteiger partial charge in [0.1, 0.15) is 5.54 Å². The zero-order valence-corrected chi connectivity index (χ0v) is 12.4. The number of hydrogen-bond donors (Lipinski definition) is 2. The van der Waals surface area contributed by atoms with Crippen LogP contribution in [-0.4, -0.2) is 29.9 Å². The Balaban J connectivity index is 2.23. The minimum absolute atomic E-state index is 0.442. The predicted molar refractivity (Wildman–Crippen MR) is 80.9 cm³/mol. The number of hydrogen-bond acceptors (Lipinski definition) is 3. The van der Waals surface area contributed by atoms with Crippen LogP contribution >= 0.6 is 0 Å². The minimum Gasteiger partial charge on any atom is -0.368 e. The standard InChI is InChI=1S/C16H25N3O/c1-12-8-9-13(2)19(10-12)11-16(18,15(17)20)14-6-4-3-5-7-14/h3-7,12-13H,8-11,18H2,1-2H3,(H2,17,20). The summed E-state index contributed by atoms with van der Waals surface area (Å²) < 4.78 is 0. The third-order valence-corrected chi connectivity index (χ3v) is 4.43. The number of nitrogens with zero attached hydrogens (tertiary/aromatic N) is 1. The van der Waals surface area contributed by atoms with Crippen molar-refractivity contribution in [2.75, 3.05) is 13.1 Å². The Labute approximate surface area is 121 Å². The van der Waals surface area contributed by atoms with Crippen molar-refractivity contribution in [2.24, 2.45) is 17.4 Å². The van der Waals surface area contributed by atoms with Crippen LogP contribution in [0.25, 0.3) is 0 Å². The molecule has 1 aliphatic heterocycles. The Kier molecular flexibility index (Phi) is 4.45. The van der Waals surface area contributed by atoms with Crippen molar-refractivity contribution in [3.8, 4) is 0 Å². The molecule has 4 nitrogen and oxygen atoms in total. The van der Waals surface area contributed by atoms with E-state index in [2.05, 4.69) is 18.7 Å². The fourth-order valence-corrected chi connectivity index (χ4v) is 2.97. The first-order valence-electron chi connectivity index (χ1n) is 7.32. The molecule has 0 aromatic heterocycles. The van der Waals surface area contributed by atoms with Crippen molar-refractivity contribution in [2.45, 2.75) is 38.3 Å². The number of likely N-dealkylation sites (tertiary alicyclic amines) is 1. The Morgan fingerprint density at radius 2 is 1.95 bits per heavy atom. The SMILES string of the molecule is CC1CCC(C)N(CC(N)(C(N)=O)c2ccccc2)C1. The fraction of sp³-hybridized carbons (Fsp3) is 0.562. The number of carbonyl (C=O) groups is 1. The highest BCUT2D eigenvalue weighted by Crippen LogP contribution is 2.26. The molecule has 110 valence electrons. The number of rotatable bonds is 4. The van der Waals surface area contributed by atoms with Crippen LogP contribution < -0.4 is 11.5 Å². The predicted octanol–water partition coefficient (Wildman–Crippen LogP) is 1.45. The highest BCUT2D eigenvalue weighted by molar-refractivity contribution is 5.86. The van der Waals surface area contributed by atoms with E-state index in [1.807, 2.05) is 30.3 Å². The molecule has 1 saturated heterocycles. The van der Waals surface area contributed by atoms with Gasteiger partial charge in [0.25, 0.3) is 0 Å². The molecule has 1 aliphatic rings. The van der Waals surface area contributed by atoms with Crippen LogP contribution in [0.15, 0.2) is 30.3 Å². The van der Waals surface area contributed by atoms with Gasteiger partial charge >= 0.3 is 0 Å². The van der Waals surface area contributed by atoms with E-state index in [0.717, 1.165) is 18.5 Å². The van der Waals surface area contributed by atoms with Crippen LogP contribution in [0.2, 0.25) is 0 Å². The summed E-state index contributed by atoms with van der Waals surface area (Å²) in [5, 5.41) is 0. The molecule has 1 heterocycles. The van der Waals surface area contributed by atoms with E-state index in [1.165, 1.54) is 6.42 Å². The molecule has 1 aromatic carbocycles. The quantitative estimate of drug-likeness (QED) is 0.873. The van der Waals surface area contributed by atoms with E-state index < -0.39 is 11.4 Å². The molecule has 1 fully saturated rings. The summed E-state index contributed by atoms with van der Waals surface area (Å²) in [6, 6.07) is 9.89. The number of carbonyl (C=O) groups excluding carboxylic acids is 1. The number of primary amides is 1. The zero-order chi connectivity index (χ0) is 14.8. The molecule has 0 aliphatic carbocycles. The molecule has 0 saturated carbocycles. The Bertz CT molecular complexity index is 462. The third-order valence-electron chi connectivity index (χ3n) is 4.43. The molecule has 0 radical (unpaired) electrons. The van der Waals surface area contributed by atoms with E-state index >= 15 is 0 Å². The van der Waals surface area contributed by atoms with Crippen molar-refractivity contribution < 1.29 is 4.79 Å². The molecule has 20 heavy (non-hydrogen) atoms. The zero-order valence-electron chi connectivity index (χ0n) is 12.4. The summed E-state index contributed by atoms with van der Waals surface area (Å²) in [5.41, 5.74) is 11.7. The lowest BCUT2D eigenvalue weighted by molar-refractivity contribution is -0.124. The van der Waals surface area contributed by atoms with Crippen LogP contribution in [0.4, 0.5) is 0 Å². The molecule has 0 bridgehead atoms. The maximum atomic E-state index is 12.0. The summed E-state index contributed by atoms with van der Waals surface area (Å²) in [4.78, 5) is 14.3. The lowest BCUT2D eigenvalue weighted by Crippen LogP contribution is -2.59. The van der Waals surface area contributed by atoms with Crippen LogP contribution in [0.3, 0.4) is 0 Å². The van der Waals surface area contributed by atoms with E-state index in [4.69, 9.17) is 11.5 Å². The normalized spacial score (nSPS) is 26.9. The van der Waals surface area contributed by atoms with E-state index in [0.29, 0.717) is 18.5 Å². The maximum absolute atomic E-state index is 12.0. The summed E-state index contributed by atoms with van der Waals surface area (Å²) in [6.45, 7) is 5.89. The molecule has 1 aromatic rings. The van der Waals surface area contributed by atoms with E-state index in [-0.39, 0.29) is 0 Å². The van der Waals surface area contributed by atoms with Gasteiger partial charge in [-0.05, 0) is 31.2 Å². The largest absolute Gasteiger partial charge is 0.368 e. The molecular formula is C16H25N3O. The topological polar surface area (TPSA) is 72.3 Å². The van der Waals surface area contributed by atoms with Gasteiger partial charge in [-0.25, -0.2) is 0 Å². The maximum Gasteiger partial charge on any atom is 0.243 e. The first-order chi connectivity index (χ1) is 9.43. The van der Waals surface area contributed by atoms with Gasteiger partial charge in [-0.15, -0.1) is 0 Å². The van der Waals surface area contributed by atoms with Gasteiger partial charge in [0, 0.05) is 19.1 Å². The van der Waals surface area contributed by atoms with Gasteiger partial charge in [-0.2, -0.15) is 0 Å². The van der Waals surface area contributed by atoms with Crippen molar-refractivity contribution in [3.63, 3.8) is 0 Å². The van der Waals surface area contributed by atoms with Gasteiger partial charge in [-0.1, -0.05) is 37.3 Å². The lowest BCUT2D eigenvalue weighted by Gasteiger charge is -2.41. The number of amides is 1. The van der Waals surface area contributed by atoms with Crippen molar-refractivity contribution in [3.05, 3.63) is 35.9 Å². The van der Waals surface area contributed by atoms with Crippen LogP contribution in [0.1, 0.15) is 32.3 Å². The highest BCUT2D eigenvalue weighted by atomic mass is 16.1. The fourth-order valence-electron chi connectivity index (χ4n) is 2.97. The van der Waals surface area contributed by atoms with Gasteiger partial charge < -0.3 is 11.5 Å². The average Bonchev–Trinajstić information content (AvgIpc) is 2.43. The molecule has 4 heteroatoms. The molecular weight excluding hydrogens is 250 g/mol. The van der Waals surface area contributed by atoms with Gasteiger partial charge in [0.2, 0.25) is 5.91 Å². The highest BCUT2D eigenvalue weighted by Gasteiger charge is 2.38. The smallest absolute Gasteiger partial charge is 0.243 e. The first-order valence-corrected chi connectivity index (χ1v) is 7.32. The summed E-state index contributed by atoms with van der Waals surface area (Å²) in [7, 11) is 0. The first kappa shape index (κ1) is 15.0. The van der Waals surface area contributed by atoms with E-state index in [9.17, 15) is 4.79 Å². The van der Waals surface area contributed by atoms with Crippen LogP contribution in [0, 0.1) is 5.92 Å². The molecule has 3 atom stereocenters. The van der Waals surface area contributed by atoms with Gasteiger partial charge in [-0.3, -0.25) is 9.69 Å². The Morgan fingerprint density at radius 1 is 1.30 bits per heavy atom. The summed E-state index contributed by atoms with van der Waals surface area (Å²) >= 11 is 0. The second-order valence-corrected chi connectivity index (χ2v) is 6.16. The van der Waals surface area contributed by atoms with Crippen LogP contribution in [-0.2, 0) is 10.3 Å². The molecule has 1 amide bonds. The molecule has 0 spiro atoms. The molecule has 3 unspecified atom stereocenters. The van der Waals surface area contributed by atoms with Crippen molar-refractivity contribution in [1.29, 1.82) is 0 Å². The summed E-state index contributed by atoms with van der Waals surface area (Å²) in [5.74, 6) is 0.174. The second-order valence-electron chi connectivity index (χ2n) is 6.16. The Morgan fingerprint density at radius 3 is 2.55 bits per heavy atom. The lowest BCUT2D eigenvalue weighted by atomic mass is 9.87. The molecule has 2 rings (SSSR count). The van der Waals surface area contributed by atoms with Crippen molar-refractivity contribution >= 4 is 5.91 Å². The van der Waals surface area contributed by atoms with Gasteiger partial charge in [0.05, 0.1) is 0 Å². The second kappa shape index (κ2) is 5.94. The number of piperidine rings is 1. The van der Waals surface area contributed by atoms with Gasteiger partial charge in [0.15, 0.2) is 0 Å². The van der Waals surface area contributed by atoms with Crippen LogP contribution in [0.5, 0.6) is 0 Å². The van der Waals surface area contributed by atoms with E-state index in [1.54, 1.807) is 0 Å². The summed E-state index contributed by atoms with van der Waals surface area (Å²) in [6.07, 6.45) is 2.38. The Hall–Kier alpha value is -1.39. The molecule has 4 N–H and O–H groups in total. The third kappa shape index (κ3) is 3.02. The number of nitrogens with two attached hydrogens (primary N) is 2. The van der Waals surface area contributed by atoms with Crippen molar-refractivity contribution in [1.82, 2.24) is 4.90 Å².